The Labute approximate surface area is 111 Å². The van der Waals surface area contributed by atoms with E-state index >= 15 is 0 Å². The zero-order valence-corrected chi connectivity index (χ0v) is 11.1. The van der Waals surface area contributed by atoms with E-state index in [-0.39, 0.29) is 0 Å². The first-order chi connectivity index (χ1) is 9.08. The Bertz CT molecular complexity index is 571. The highest BCUT2D eigenvalue weighted by Crippen LogP contribution is 2.10. The van der Waals surface area contributed by atoms with Crippen LogP contribution in [0.4, 0.5) is 0 Å². The molecule has 1 aromatic heterocycles. The second-order valence-corrected chi connectivity index (χ2v) is 4.37. The van der Waals surface area contributed by atoms with Gasteiger partial charge >= 0.3 is 0 Å². The predicted molar refractivity (Wildman–Crippen MR) is 71.5 cm³/mol. The van der Waals surface area contributed by atoms with Crippen molar-refractivity contribution < 1.29 is 9.21 Å². The predicted octanol–water partition coefficient (Wildman–Crippen LogP) is 1.68. The van der Waals surface area contributed by atoms with Crippen LogP contribution in [-0.4, -0.2) is 10.9 Å². The van der Waals surface area contributed by atoms with Crippen LogP contribution in [0, 0.1) is 13.8 Å². The summed E-state index contributed by atoms with van der Waals surface area (Å²) in [7, 11) is 0. The number of nitrogens with one attached hydrogen (secondary N) is 1. The van der Waals surface area contributed by atoms with E-state index in [1.165, 1.54) is 0 Å². The van der Waals surface area contributed by atoms with Gasteiger partial charge in [-0.25, -0.2) is 4.98 Å². The van der Waals surface area contributed by atoms with Crippen molar-refractivity contribution in [1.82, 2.24) is 10.3 Å². The first-order valence-corrected chi connectivity index (χ1v) is 6.09. The maximum absolute atomic E-state index is 11.3. The summed E-state index contributed by atoms with van der Waals surface area (Å²) in [6, 6.07) is 7.27. The van der Waals surface area contributed by atoms with E-state index in [1.54, 1.807) is 12.1 Å². The average molecular weight is 259 g/mol. The topological polar surface area (TPSA) is 81.1 Å². The van der Waals surface area contributed by atoms with Crippen LogP contribution >= 0.6 is 0 Å². The van der Waals surface area contributed by atoms with Gasteiger partial charge in [-0.1, -0.05) is 18.2 Å². The van der Waals surface area contributed by atoms with E-state index in [4.69, 9.17) is 10.2 Å². The molecule has 2 aromatic rings. The summed E-state index contributed by atoms with van der Waals surface area (Å²) in [4.78, 5) is 15.5. The van der Waals surface area contributed by atoms with Crippen molar-refractivity contribution in [3.8, 4) is 0 Å². The molecule has 0 bridgehead atoms. The van der Waals surface area contributed by atoms with Crippen LogP contribution in [0.1, 0.15) is 33.3 Å². The molecule has 0 atom stereocenters. The van der Waals surface area contributed by atoms with E-state index in [0.29, 0.717) is 24.5 Å². The molecular weight excluding hydrogens is 242 g/mol. The summed E-state index contributed by atoms with van der Waals surface area (Å²) < 4.78 is 5.46. The number of hydrogen-bond acceptors (Lipinski definition) is 4. The highest BCUT2D eigenvalue weighted by atomic mass is 16.4. The summed E-state index contributed by atoms with van der Waals surface area (Å²) in [6.45, 7) is 4.85. The zero-order chi connectivity index (χ0) is 13.8. The van der Waals surface area contributed by atoms with E-state index in [9.17, 15) is 4.79 Å². The Morgan fingerprint density at radius 3 is 2.68 bits per heavy atom. The Balaban J connectivity index is 1.98. The molecule has 0 unspecified atom stereocenters. The number of amides is 1. The molecule has 1 amide bonds. The van der Waals surface area contributed by atoms with Gasteiger partial charge in [0.15, 0.2) is 0 Å². The monoisotopic (exact) mass is 259 g/mol. The lowest BCUT2D eigenvalue weighted by Gasteiger charge is -2.06. The van der Waals surface area contributed by atoms with Crippen LogP contribution < -0.4 is 11.1 Å². The highest BCUT2D eigenvalue weighted by Gasteiger charge is 2.08. The van der Waals surface area contributed by atoms with Gasteiger partial charge in [0, 0.05) is 12.1 Å². The summed E-state index contributed by atoms with van der Waals surface area (Å²) in [5.74, 6) is 1.06. The summed E-state index contributed by atoms with van der Waals surface area (Å²) in [5, 5.41) is 3.19. The van der Waals surface area contributed by atoms with E-state index in [1.807, 2.05) is 26.0 Å². The minimum Gasteiger partial charge on any atom is -0.444 e. The van der Waals surface area contributed by atoms with Crippen LogP contribution in [0.5, 0.6) is 0 Å². The number of benzene rings is 1. The Morgan fingerprint density at radius 1 is 1.32 bits per heavy atom. The van der Waals surface area contributed by atoms with Crippen LogP contribution in [0.2, 0.25) is 0 Å². The molecule has 0 saturated heterocycles. The Hall–Kier alpha value is -2.14. The van der Waals surface area contributed by atoms with Gasteiger partial charge in [0.1, 0.15) is 5.76 Å². The quantitative estimate of drug-likeness (QED) is 0.856. The molecule has 5 nitrogen and oxygen atoms in total. The van der Waals surface area contributed by atoms with Crippen LogP contribution in [0.25, 0.3) is 0 Å². The van der Waals surface area contributed by atoms with Crippen LogP contribution in [0.3, 0.4) is 0 Å². The first-order valence-electron chi connectivity index (χ1n) is 6.09. The van der Waals surface area contributed by atoms with Crippen LogP contribution in [-0.2, 0) is 13.1 Å². The van der Waals surface area contributed by atoms with E-state index in [2.05, 4.69) is 10.3 Å². The molecule has 0 aliphatic heterocycles. The number of oxazole rings is 1. The number of aryl methyl sites for hydroxylation is 2. The molecule has 5 heteroatoms. The molecular formula is C14H17N3O2. The average Bonchev–Trinajstić information content (AvgIpc) is 2.69. The maximum atomic E-state index is 11.3. The lowest BCUT2D eigenvalue weighted by Crippen LogP contribution is -2.18. The summed E-state index contributed by atoms with van der Waals surface area (Å²) in [6.07, 6.45) is 0. The third-order valence-corrected chi connectivity index (χ3v) is 2.95. The lowest BCUT2D eigenvalue weighted by atomic mass is 10.1. The number of aromatic nitrogens is 1. The fraction of sp³-hybridized carbons (Fsp3) is 0.286. The normalized spacial score (nSPS) is 10.6. The number of nitrogens with two attached hydrogens (primary N) is 1. The van der Waals surface area contributed by atoms with Crippen molar-refractivity contribution in [3.05, 3.63) is 52.7 Å². The van der Waals surface area contributed by atoms with Gasteiger partial charge < -0.3 is 15.5 Å². The Kier molecular flexibility index (Phi) is 3.97. The number of nitrogens with zero attached hydrogens (tertiary/aromatic N) is 1. The van der Waals surface area contributed by atoms with Gasteiger partial charge in [0.25, 0.3) is 0 Å². The minimum atomic E-state index is -0.416. The van der Waals surface area contributed by atoms with E-state index in [0.717, 1.165) is 17.0 Å². The van der Waals surface area contributed by atoms with Crippen molar-refractivity contribution in [2.24, 2.45) is 5.73 Å². The molecule has 0 aliphatic rings. The largest absolute Gasteiger partial charge is 0.444 e. The molecule has 3 N–H and O–H groups in total. The maximum Gasteiger partial charge on any atom is 0.249 e. The van der Waals surface area contributed by atoms with Crippen molar-refractivity contribution in [1.29, 1.82) is 0 Å². The molecule has 1 aromatic carbocycles. The number of carbonyl (C=O) groups is 1. The number of rotatable bonds is 5. The molecule has 0 spiro atoms. The van der Waals surface area contributed by atoms with Gasteiger partial charge in [-0.15, -0.1) is 0 Å². The third-order valence-electron chi connectivity index (χ3n) is 2.95. The van der Waals surface area contributed by atoms with Gasteiger partial charge in [0.2, 0.25) is 11.8 Å². The molecule has 0 saturated carbocycles. The SMILES string of the molecule is Cc1nc(CNCc2ccccc2C(N)=O)oc1C. The lowest BCUT2D eigenvalue weighted by molar-refractivity contribution is 0.0999. The summed E-state index contributed by atoms with van der Waals surface area (Å²) >= 11 is 0. The molecule has 0 aliphatic carbocycles. The highest BCUT2D eigenvalue weighted by molar-refractivity contribution is 5.94. The van der Waals surface area contributed by atoms with Gasteiger partial charge in [0.05, 0.1) is 12.2 Å². The molecule has 0 fully saturated rings. The van der Waals surface area contributed by atoms with Crippen molar-refractivity contribution >= 4 is 5.91 Å². The fourth-order valence-electron chi connectivity index (χ4n) is 1.83. The van der Waals surface area contributed by atoms with Crippen molar-refractivity contribution in [2.45, 2.75) is 26.9 Å². The molecule has 0 radical (unpaired) electrons. The van der Waals surface area contributed by atoms with Gasteiger partial charge in [-0.3, -0.25) is 4.79 Å². The second kappa shape index (κ2) is 5.67. The van der Waals surface area contributed by atoms with Gasteiger partial charge in [-0.2, -0.15) is 0 Å². The zero-order valence-electron chi connectivity index (χ0n) is 11.1. The molecule has 100 valence electrons. The Morgan fingerprint density at radius 2 is 2.05 bits per heavy atom. The van der Waals surface area contributed by atoms with Crippen molar-refractivity contribution in [2.75, 3.05) is 0 Å². The van der Waals surface area contributed by atoms with Crippen LogP contribution in [0.15, 0.2) is 28.7 Å². The molecule has 1 heterocycles. The fourth-order valence-corrected chi connectivity index (χ4v) is 1.83. The van der Waals surface area contributed by atoms with Crippen molar-refractivity contribution in [3.63, 3.8) is 0 Å². The smallest absolute Gasteiger partial charge is 0.249 e. The molecule has 2 rings (SSSR count). The third kappa shape index (κ3) is 3.20. The summed E-state index contributed by atoms with van der Waals surface area (Å²) in [5.41, 5.74) is 7.63. The van der Waals surface area contributed by atoms with Gasteiger partial charge in [-0.05, 0) is 25.5 Å². The standard InChI is InChI=1S/C14H17N3O2/c1-9-10(2)19-13(17-9)8-16-7-11-5-3-4-6-12(11)14(15)18/h3-6,16H,7-8H2,1-2H3,(H2,15,18). The minimum absolute atomic E-state index is 0.416. The van der Waals surface area contributed by atoms with E-state index < -0.39 is 5.91 Å². The number of primary amides is 1. The first kappa shape index (κ1) is 13.3. The second-order valence-electron chi connectivity index (χ2n) is 4.37. The number of hydrogen-bond donors (Lipinski definition) is 2. The number of carbonyl (C=O) groups excluding carboxylic acids is 1. The molecule has 19 heavy (non-hydrogen) atoms.